The second-order valence-corrected chi connectivity index (χ2v) is 7.59. The Kier molecular flexibility index (Phi) is 5.57. The smallest absolute Gasteiger partial charge is 0.242 e. The van der Waals surface area contributed by atoms with Gasteiger partial charge in [0.2, 0.25) is 10.0 Å². The summed E-state index contributed by atoms with van der Waals surface area (Å²) in [6.07, 6.45) is 0. The molecule has 0 saturated carbocycles. The summed E-state index contributed by atoms with van der Waals surface area (Å²) in [5.41, 5.74) is 1.96. The number of hydrogen-bond acceptors (Lipinski definition) is 3. The van der Waals surface area contributed by atoms with Gasteiger partial charge in [0, 0.05) is 6.04 Å². The van der Waals surface area contributed by atoms with Crippen LogP contribution in [-0.4, -0.2) is 15.5 Å². The Labute approximate surface area is 146 Å². The van der Waals surface area contributed by atoms with E-state index in [0.29, 0.717) is 5.75 Å². The largest absolute Gasteiger partial charge is 0.495 e. The van der Waals surface area contributed by atoms with E-state index in [1.165, 1.54) is 19.2 Å². The van der Waals surface area contributed by atoms with E-state index in [-0.39, 0.29) is 14.9 Å². The quantitative estimate of drug-likeness (QED) is 0.847. The fourth-order valence-electron chi connectivity index (χ4n) is 2.10. The van der Waals surface area contributed by atoms with Crippen LogP contribution in [-0.2, 0) is 10.0 Å². The van der Waals surface area contributed by atoms with E-state index in [1.54, 1.807) is 6.92 Å². The Hall–Kier alpha value is -1.27. The molecule has 0 aromatic heterocycles. The highest BCUT2D eigenvalue weighted by atomic mass is 35.5. The Morgan fingerprint density at radius 1 is 1.04 bits per heavy atom. The maximum Gasteiger partial charge on any atom is 0.242 e. The predicted octanol–water partition coefficient (Wildman–Crippen LogP) is 4.35. The molecule has 7 heteroatoms. The summed E-state index contributed by atoms with van der Waals surface area (Å²) in [5, 5.41) is 0.00894. The van der Waals surface area contributed by atoms with E-state index in [9.17, 15) is 8.42 Å². The highest BCUT2D eigenvalue weighted by molar-refractivity contribution is 7.89. The molecule has 0 aliphatic rings. The molecule has 0 heterocycles. The van der Waals surface area contributed by atoms with Crippen molar-refractivity contribution in [1.29, 1.82) is 0 Å². The normalized spacial score (nSPS) is 12.9. The van der Waals surface area contributed by atoms with Gasteiger partial charge in [-0.15, -0.1) is 0 Å². The van der Waals surface area contributed by atoms with Crippen LogP contribution < -0.4 is 9.46 Å². The molecule has 2 rings (SSSR count). The van der Waals surface area contributed by atoms with E-state index >= 15 is 0 Å². The zero-order valence-corrected chi connectivity index (χ0v) is 15.3. The lowest BCUT2D eigenvalue weighted by molar-refractivity contribution is 0.414. The van der Waals surface area contributed by atoms with Crippen molar-refractivity contribution in [3.05, 3.63) is 57.6 Å². The molecule has 1 N–H and O–H groups in total. The molecule has 4 nitrogen and oxygen atoms in total. The number of halogens is 2. The van der Waals surface area contributed by atoms with Gasteiger partial charge in [-0.3, -0.25) is 0 Å². The average Bonchev–Trinajstić information content (AvgIpc) is 2.49. The lowest BCUT2D eigenvalue weighted by atomic mass is 10.1. The zero-order valence-electron chi connectivity index (χ0n) is 12.9. The lowest BCUT2D eigenvalue weighted by Gasteiger charge is -2.16. The van der Waals surface area contributed by atoms with Crippen molar-refractivity contribution in [2.75, 3.05) is 7.11 Å². The van der Waals surface area contributed by atoms with Crippen LogP contribution in [0.5, 0.6) is 5.75 Å². The number of aryl methyl sites for hydroxylation is 1. The molecule has 0 radical (unpaired) electrons. The molecule has 2 aromatic rings. The second kappa shape index (κ2) is 7.09. The molecule has 2 aromatic carbocycles. The van der Waals surface area contributed by atoms with Crippen LogP contribution >= 0.6 is 23.2 Å². The highest BCUT2D eigenvalue weighted by Crippen LogP contribution is 2.36. The van der Waals surface area contributed by atoms with Gasteiger partial charge in [0.1, 0.15) is 15.7 Å². The van der Waals surface area contributed by atoms with Crippen LogP contribution in [0.25, 0.3) is 0 Å². The maximum atomic E-state index is 12.6. The topological polar surface area (TPSA) is 55.4 Å². The first-order valence-corrected chi connectivity index (χ1v) is 9.11. The summed E-state index contributed by atoms with van der Waals surface area (Å²) in [4.78, 5) is -0.0797. The van der Waals surface area contributed by atoms with E-state index in [0.717, 1.165) is 11.1 Å². The van der Waals surface area contributed by atoms with E-state index in [4.69, 9.17) is 27.9 Å². The summed E-state index contributed by atoms with van der Waals surface area (Å²) in [7, 11) is -2.38. The molecular weight excluding hydrogens is 357 g/mol. The first kappa shape index (κ1) is 18.1. The van der Waals surface area contributed by atoms with Gasteiger partial charge in [-0.25, -0.2) is 13.1 Å². The van der Waals surface area contributed by atoms with Gasteiger partial charge in [-0.05, 0) is 31.5 Å². The number of methoxy groups -OCH3 is 1. The van der Waals surface area contributed by atoms with Crippen molar-refractivity contribution in [2.24, 2.45) is 0 Å². The van der Waals surface area contributed by atoms with E-state index in [1.807, 2.05) is 31.2 Å². The molecule has 0 aliphatic heterocycles. The third kappa shape index (κ3) is 3.98. The summed E-state index contributed by atoms with van der Waals surface area (Å²) in [6, 6.07) is 10.1. The third-order valence-electron chi connectivity index (χ3n) is 3.43. The van der Waals surface area contributed by atoms with Gasteiger partial charge in [-0.2, -0.15) is 0 Å². The van der Waals surface area contributed by atoms with Crippen molar-refractivity contribution >= 4 is 33.2 Å². The minimum Gasteiger partial charge on any atom is -0.495 e. The monoisotopic (exact) mass is 373 g/mol. The van der Waals surface area contributed by atoms with Gasteiger partial charge in [0.05, 0.1) is 12.1 Å². The van der Waals surface area contributed by atoms with Crippen molar-refractivity contribution in [1.82, 2.24) is 4.72 Å². The van der Waals surface area contributed by atoms with Crippen LogP contribution in [0.3, 0.4) is 0 Å². The van der Waals surface area contributed by atoms with Crippen LogP contribution in [0.2, 0.25) is 10.0 Å². The van der Waals surface area contributed by atoms with E-state index < -0.39 is 16.1 Å². The number of benzene rings is 2. The van der Waals surface area contributed by atoms with Crippen molar-refractivity contribution < 1.29 is 13.2 Å². The zero-order chi connectivity index (χ0) is 17.2. The van der Waals surface area contributed by atoms with Gasteiger partial charge < -0.3 is 4.74 Å². The van der Waals surface area contributed by atoms with Gasteiger partial charge in [-0.1, -0.05) is 53.0 Å². The minimum atomic E-state index is -3.82. The average molecular weight is 374 g/mol. The fourth-order valence-corrected chi connectivity index (χ4v) is 4.17. The SMILES string of the molecule is COc1ccc(S(=O)(=O)N[C@@H](C)c2ccc(C)cc2)c(Cl)c1Cl. The molecule has 23 heavy (non-hydrogen) atoms. The lowest BCUT2D eigenvalue weighted by Crippen LogP contribution is -2.27. The standard InChI is InChI=1S/C16H17Cl2NO3S/c1-10-4-6-12(7-5-10)11(2)19-23(20,21)14-9-8-13(22-3)15(17)16(14)18/h4-9,11,19H,1-3H3/t11-/m0/s1. The second-order valence-electron chi connectivity index (χ2n) is 5.15. The van der Waals surface area contributed by atoms with Crippen molar-refractivity contribution in [2.45, 2.75) is 24.8 Å². The first-order chi connectivity index (χ1) is 10.8. The van der Waals surface area contributed by atoms with Crippen LogP contribution in [0.4, 0.5) is 0 Å². The van der Waals surface area contributed by atoms with Crippen LogP contribution in [0.15, 0.2) is 41.3 Å². The number of nitrogens with one attached hydrogen (secondary N) is 1. The Morgan fingerprint density at radius 3 is 2.22 bits per heavy atom. The molecule has 0 unspecified atom stereocenters. The summed E-state index contributed by atoms with van der Waals surface area (Å²) < 4.78 is 32.7. The molecule has 1 atom stereocenters. The number of rotatable bonds is 5. The number of ether oxygens (including phenoxy) is 1. The molecule has 0 bridgehead atoms. The van der Waals surface area contributed by atoms with Crippen LogP contribution in [0.1, 0.15) is 24.1 Å². The predicted molar refractivity (Wildman–Crippen MR) is 92.9 cm³/mol. The highest BCUT2D eigenvalue weighted by Gasteiger charge is 2.24. The van der Waals surface area contributed by atoms with Crippen LogP contribution in [0, 0.1) is 6.92 Å². The van der Waals surface area contributed by atoms with Crippen molar-refractivity contribution in [3.8, 4) is 5.75 Å². The number of hydrogen-bond donors (Lipinski definition) is 1. The minimum absolute atomic E-state index is 0.0605. The summed E-state index contributed by atoms with van der Waals surface area (Å²) in [5.74, 6) is 0.321. The van der Waals surface area contributed by atoms with Gasteiger partial charge in [0.15, 0.2) is 0 Å². The summed E-state index contributed by atoms with van der Waals surface area (Å²) in [6.45, 7) is 3.74. The molecule has 0 amide bonds. The third-order valence-corrected chi connectivity index (χ3v) is 5.99. The fraction of sp³-hybridized carbons (Fsp3) is 0.250. The molecule has 0 fully saturated rings. The van der Waals surface area contributed by atoms with Gasteiger partial charge in [0.25, 0.3) is 0 Å². The van der Waals surface area contributed by atoms with Gasteiger partial charge >= 0.3 is 0 Å². The molecule has 0 spiro atoms. The van der Waals surface area contributed by atoms with Crippen molar-refractivity contribution in [3.63, 3.8) is 0 Å². The van der Waals surface area contributed by atoms with E-state index in [2.05, 4.69) is 4.72 Å². The first-order valence-electron chi connectivity index (χ1n) is 6.87. The molecule has 0 aliphatic carbocycles. The molecule has 124 valence electrons. The maximum absolute atomic E-state index is 12.6. The summed E-state index contributed by atoms with van der Waals surface area (Å²) >= 11 is 12.1. The number of sulfonamides is 1. The molecular formula is C16H17Cl2NO3S. The Morgan fingerprint density at radius 2 is 1.65 bits per heavy atom. The Bertz CT molecular complexity index is 805. The Balaban J connectivity index is 2.32. The molecule has 0 saturated heterocycles.